The number of halogens is 3. The van der Waals surface area contributed by atoms with Crippen LogP contribution in [-0.2, 0) is 9.53 Å². The van der Waals surface area contributed by atoms with E-state index in [4.69, 9.17) is 0 Å². The Morgan fingerprint density at radius 2 is 1.57 bits per heavy atom. The summed E-state index contributed by atoms with van der Waals surface area (Å²) in [5.74, 6) is 4.01. The first-order valence-electron chi connectivity index (χ1n) is 8.35. The molecule has 2 nitrogen and oxygen atoms in total. The molecular formula is C18H27F3O2. The number of ether oxygens (including phenoxy) is 1. The van der Waals surface area contributed by atoms with E-state index in [1.807, 2.05) is 12.2 Å². The molecule has 0 heterocycles. The van der Waals surface area contributed by atoms with Crippen LogP contribution in [0.2, 0.25) is 0 Å². The molecule has 0 aliphatic rings. The van der Waals surface area contributed by atoms with E-state index in [9.17, 15) is 18.0 Å². The number of unbranched alkanes of at least 4 members (excludes halogenated alkanes) is 8. The molecule has 0 saturated heterocycles. The van der Waals surface area contributed by atoms with Crippen LogP contribution in [0.15, 0.2) is 12.2 Å². The summed E-state index contributed by atoms with van der Waals surface area (Å²) in [6, 6.07) is 0. The van der Waals surface area contributed by atoms with E-state index < -0.39 is 12.1 Å². The Labute approximate surface area is 137 Å². The summed E-state index contributed by atoms with van der Waals surface area (Å²) >= 11 is 0. The lowest BCUT2D eigenvalue weighted by molar-refractivity contribution is -0.199. The van der Waals surface area contributed by atoms with Gasteiger partial charge in [-0.25, -0.2) is 4.79 Å². The van der Waals surface area contributed by atoms with Gasteiger partial charge in [0.25, 0.3) is 0 Å². The minimum absolute atomic E-state index is 0.149. The summed E-state index contributed by atoms with van der Waals surface area (Å²) < 4.78 is 39.7. The summed E-state index contributed by atoms with van der Waals surface area (Å²) in [6.45, 7) is 1.93. The van der Waals surface area contributed by atoms with Crippen molar-refractivity contribution in [2.24, 2.45) is 0 Å². The molecule has 0 bridgehead atoms. The standard InChI is InChI=1S/C18H27F3O2/c1-2-3-4-5-6-7-8-9-10-11-12-13-14-15-16-23-17(22)18(19,20)21/h3-4H,2,7-16H2,1H3/b4-3-. The highest BCUT2D eigenvalue weighted by atomic mass is 19.4. The first-order chi connectivity index (χ1) is 11.0. The molecule has 0 aromatic rings. The lowest BCUT2D eigenvalue weighted by atomic mass is 10.1. The molecule has 0 atom stereocenters. The maximum Gasteiger partial charge on any atom is 0.490 e. The third kappa shape index (κ3) is 15.2. The van der Waals surface area contributed by atoms with Gasteiger partial charge in [-0.2, -0.15) is 13.2 Å². The van der Waals surface area contributed by atoms with Gasteiger partial charge in [0.2, 0.25) is 0 Å². The first kappa shape index (κ1) is 21.6. The van der Waals surface area contributed by atoms with Gasteiger partial charge < -0.3 is 4.74 Å². The Hall–Kier alpha value is -1.44. The van der Waals surface area contributed by atoms with Gasteiger partial charge in [-0.1, -0.05) is 63.4 Å². The zero-order chi connectivity index (χ0) is 17.4. The minimum Gasteiger partial charge on any atom is -0.459 e. The quantitative estimate of drug-likeness (QED) is 0.281. The minimum atomic E-state index is -4.88. The van der Waals surface area contributed by atoms with Crippen LogP contribution in [0, 0.1) is 11.8 Å². The van der Waals surface area contributed by atoms with Crippen LogP contribution in [-0.4, -0.2) is 18.8 Å². The van der Waals surface area contributed by atoms with Gasteiger partial charge in [0, 0.05) is 6.42 Å². The SMILES string of the molecule is CC/C=C\C#CCCCCCCCCCCOC(=O)C(F)(F)F. The second-order valence-electron chi connectivity index (χ2n) is 5.34. The van der Waals surface area contributed by atoms with Crippen LogP contribution in [0.4, 0.5) is 13.2 Å². The van der Waals surface area contributed by atoms with E-state index in [1.54, 1.807) is 0 Å². The zero-order valence-electron chi connectivity index (χ0n) is 13.9. The van der Waals surface area contributed by atoms with Crippen molar-refractivity contribution < 1.29 is 22.7 Å². The number of hydrogen-bond donors (Lipinski definition) is 0. The molecule has 5 heteroatoms. The predicted molar refractivity (Wildman–Crippen MR) is 85.8 cm³/mol. The van der Waals surface area contributed by atoms with Crippen molar-refractivity contribution in [3.05, 3.63) is 12.2 Å². The van der Waals surface area contributed by atoms with Gasteiger partial charge in [0.15, 0.2) is 0 Å². The number of carbonyl (C=O) groups excluding carboxylic acids is 1. The third-order valence-corrected chi connectivity index (χ3v) is 3.20. The summed E-state index contributed by atoms with van der Waals surface area (Å²) in [6.07, 6.45) is 8.88. The van der Waals surface area contributed by atoms with E-state index in [0.717, 1.165) is 57.8 Å². The monoisotopic (exact) mass is 332 g/mol. The topological polar surface area (TPSA) is 26.3 Å². The van der Waals surface area contributed by atoms with E-state index in [0.29, 0.717) is 6.42 Å². The average molecular weight is 332 g/mol. The molecular weight excluding hydrogens is 305 g/mol. The molecule has 0 unspecified atom stereocenters. The van der Waals surface area contributed by atoms with Crippen LogP contribution in [0.5, 0.6) is 0 Å². The van der Waals surface area contributed by atoms with Crippen molar-refractivity contribution >= 4 is 5.97 Å². The van der Waals surface area contributed by atoms with Gasteiger partial charge in [0.1, 0.15) is 0 Å². The van der Waals surface area contributed by atoms with Gasteiger partial charge in [0.05, 0.1) is 6.61 Å². The second-order valence-corrected chi connectivity index (χ2v) is 5.34. The number of alkyl halides is 3. The van der Waals surface area contributed by atoms with Crippen LogP contribution < -0.4 is 0 Å². The van der Waals surface area contributed by atoms with Crippen LogP contribution in [0.1, 0.15) is 71.1 Å². The summed E-state index contributed by atoms with van der Waals surface area (Å²) in [7, 11) is 0. The van der Waals surface area contributed by atoms with Gasteiger partial charge in [-0.05, 0) is 25.3 Å². The van der Waals surface area contributed by atoms with Crippen molar-refractivity contribution in [3.8, 4) is 11.8 Å². The number of rotatable bonds is 11. The zero-order valence-corrected chi connectivity index (χ0v) is 13.9. The Morgan fingerprint density at radius 1 is 1.00 bits per heavy atom. The molecule has 0 amide bonds. The third-order valence-electron chi connectivity index (χ3n) is 3.20. The fraction of sp³-hybridized carbons (Fsp3) is 0.722. The fourth-order valence-corrected chi connectivity index (χ4v) is 1.93. The maximum atomic E-state index is 11.8. The Morgan fingerprint density at radius 3 is 2.13 bits per heavy atom. The molecule has 0 aliphatic heterocycles. The van der Waals surface area contributed by atoms with Gasteiger partial charge in [-0.15, -0.1) is 0 Å². The molecule has 132 valence electrons. The molecule has 0 aromatic carbocycles. The normalized spacial score (nSPS) is 11.3. The van der Waals surface area contributed by atoms with E-state index in [1.165, 1.54) is 0 Å². The molecule has 0 aromatic heterocycles. The Balaban J connectivity index is 3.26. The van der Waals surface area contributed by atoms with Crippen molar-refractivity contribution in [1.82, 2.24) is 0 Å². The van der Waals surface area contributed by atoms with E-state index in [2.05, 4.69) is 23.5 Å². The van der Waals surface area contributed by atoms with E-state index >= 15 is 0 Å². The lowest BCUT2D eigenvalue weighted by Crippen LogP contribution is -2.25. The molecule has 0 aliphatic carbocycles. The second kappa shape index (κ2) is 14.2. The molecule has 0 saturated carbocycles. The maximum absolute atomic E-state index is 11.8. The highest BCUT2D eigenvalue weighted by molar-refractivity contribution is 5.75. The number of hydrogen-bond acceptors (Lipinski definition) is 2. The predicted octanol–water partition coefficient (Wildman–Crippen LogP) is 5.57. The Bertz CT molecular complexity index is 389. The fourth-order valence-electron chi connectivity index (χ4n) is 1.93. The Kier molecular flexibility index (Phi) is 13.3. The van der Waals surface area contributed by atoms with Crippen molar-refractivity contribution in [2.45, 2.75) is 77.3 Å². The summed E-state index contributed by atoms with van der Waals surface area (Å²) in [4.78, 5) is 10.4. The molecule has 23 heavy (non-hydrogen) atoms. The molecule has 0 radical (unpaired) electrons. The molecule has 0 N–H and O–H groups in total. The number of carbonyl (C=O) groups is 1. The van der Waals surface area contributed by atoms with Crippen molar-refractivity contribution in [3.63, 3.8) is 0 Å². The van der Waals surface area contributed by atoms with Gasteiger partial charge in [-0.3, -0.25) is 0 Å². The molecule has 0 fully saturated rings. The lowest BCUT2D eigenvalue weighted by Gasteiger charge is -2.06. The van der Waals surface area contributed by atoms with E-state index in [-0.39, 0.29) is 6.61 Å². The van der Waals surface area contributed by atoms with Crippen LogP contribution in [0.3, 0.4) is 0 Å². The number of esters is 1. The number of allylic oxidation sites excluding steroid dienone is 2. The molecule has 0 rings (SSSR count). The van der Waals surface area contributed by atoms with Crippen LogP contribution in [0.25, 0.3) is 0 Å². The highest BCUT2D eigenvalue weighted by Gasteiger charge is 2.40. The first-order valence-corrected chi connectivity index (χ1v) is 8.35. The van der Waals surface area contributed by atoms with Crippen molar-refractivity contribution in [1.29, 1.82) is 0 Å². The van der Waals surface area contributed by atoms with Gasteiger partial charge >= 0.3 is 12.1 Å². The largest absolute Gasteiger partial charge is 0.490 e. The summed E-state index contributed by atoms with van der Waals surface area (Å²) in [5, 5.41) is 0. The average Bonchev–Trinajstić information content (AvgIpc) is 2.50. The smallest absolute Gasteiger partial charge is 0.459 e. The van der Waals surface area contributed by atoms with Crippen LogP contribution >= 0.6 is 0 Å². The summed E-state index contributed by atoms with van der Waals surface area (Å²) in [5.41, 5.74) is 0. The highest BCUT2D eigenvalue weighted by Crippen LogP contribution is 2.17. The molecule has 0 spiro atoms. The van der Waals surface area contributed by atoms with Crippen molar-refractivity contribution in [2.75, 3.05) is 6.61 Å².